The summed E-state index contributed by atoms with van der Waals surface area (Å²) in [7, 11) is 0. The van der Waals surface area contributed by atoms with Gasteiger partial charge in [0.1, 0.15) is 29.0 Å². The Morgan fingerprint density at radius 2 is 1.69 bits per heavy atom. The maximum Gasteiger partial charge on any atom is 0.266 e. The summed E-state index contributed by atoms with van der Waals surface area (Å²) in [5, 5.41) is 0.569. The van der Waals surface area contributed by atoms with Crippen molar-refractivity contribution in [2.45, 2.75) is 6.54 Å². The molecule has 0 aliphatic carbocycles. The molecule has 4 rings (SSSR count). The van der Waals surface area contributed by atoms with Crippen LogP contribution in [0.15, 0.2) is 83.8 Å². The Morgan fingerprint density at radius 1 is 0.938 bits per heavy atom. The second-order valence-electron chi connectivity index (χ2n) is 6.95. The van der Waals surface area contributed by atoms with Gasteiger partial charge in [-0.3, -0.25) is 9.69 Å². The van der Waals surface area contributed by atoms with E-state index in [9.17, 15) is 4.79 Å². The van der Waals surface area contributed by atoms with Crippen molar-refractivity contribution >= 4 is 51.9 Å². The molecule has 0 unspecified atom stereocenters. The zero-order valence-electron chi connectivity index (χ0n) is 17.1. The van der Waals surface area contributed by atoms with Crippen molar-refractivity contribution in [1.29, 1.82) is 0 Å². The predicted octanol–water partition coefficient (Wildman–Crippen LogP) is 6.20. The van der Waals surface area contributed by atoms with E-state index in [-0.39, 0.29) is 5.91 Å². The first kappa shape index (κ1) is 22.4. The maximum atomic E-state index is 12.9. The molecule has 1 aliphatic heterocycles. The highest BCUT2D eigenvalue weighted by atomic mass is 35.5. The van der Waals surface area contributed by atoms with E-state index in [1.807, 2.05) is 78.9 Å². The van der Waals surface area contributed by atoms with E-state index in [2.05, 4.69) is 0 Å². The minimum absolute atomic E-state index is 0.0803. The van der Waals surface area contributed by atoms with Gasteiger partial charge in [0.2, 0.25) is 0 Å². The largest absolute Gasteiger partial charge is 0.490 e. The van der Waals surface area contributed by atoms with Crippen LogP contribution >= 0.6 is 35.6 Å². The Morgan fingerprint density at radius 3 is 2.50 bits per heavy atom. The smallest absolute Gasteiger partial charge is 0.266 e. The Hall–Kier alpha value is -2.80. The van der Waals surface area contributed by atoms with Crippen molar-refractivity contribution in [3.63, 3.8) is 0 Å². The summed E-state index contributed by atoms with van der Waals surface area (Å²) >= 11 is 12.8. The van der Waals surface area contributed by atoms with E-state index in [0.717, 1.165) is 11.1 Å². The van der Waals surface area contributed by atoms with Crippen molar-refractivity contribution in [2.75, 3.05) is 13.2 Å². The monoisotopic (exact) mass is 481 g/mol. The Kier molecular flexibility index (Phi) is 7.47. The molecule has 3 aromatic rings. The summed E-state index contributed by atoms with van der Waals surface area (Å²) in [6.07, 6.45) is 1.84. The molecule has 7 heteroatoms. The van der Waals surface area contributed by atoms with Gasteiger partial charge in [-0.05, 0) is 41.5 Å². The van der Waals surface area contributed by atoms with E-state index in [1.165, 1.54) is 11.8 Å². The Labute approximate surface area is 201 Å². The number of nitrogens with zero attached hydrogens (tertiary/aromatic N) is 1. The molecule has 4 nitrogen and oxygen atoms in total. The highest BCUT2D eigenvalue weighted by Crippen LogP contribution is 2.34. The normalized spacial score (nSPS) is 14.8. The molecule has 0 radical (unpaired) electrons. The molecule has 0 bridgehead atoms. The fraction of sp³-hybridized carbons (Fsp3) is 0.120. The number of carbonyl (C=O) groups is 1. The number of halogens is 1. The zero-order chi connectivity index (χ0) is 22.3. The third-order valence-electron chi connectivity index (χ3n) is 4.66. The first-order valence-electron chi connectivity index (χ1n) is 9.99. The summed E-state index contributed by atoms with van der Waals surface area (Å²) in [5.41, 5.74) is 1.91. The second-order valence-corrected chi connectivity index (χ2v) is 9.04. The standard InChI is InChI=1S/C25H20ClNO3S2/c26-21-11-4-5-12-22(21)30-14-13-29-20-10-6-9-19(15-20)16-23-24(28)27(25(31)32-23)17-18-7-2-1-3-8-18/h1-12,15-16H,13-14,17H2/b23-16-. The molecule has 0 N–H and O–H groups in total. The number of carbonyl (C=O) groups excluding carboxylic acids is 1. The number of thioether (sulfide) groups is 1. The summed E-state index contributed by atoms with van der Waals surface area (Å²) < 4.78 is 12.0. The molecule has 0 atom stereocenters. The summed E-state index contributed by atoms with van der Waals surface area (Å²) in [5.74, 6) is 1.24. The third kappa shape index (κ3) is 5.71. The fourth-order valence-electron chi connectivity index (χ4n) is 3.12. The van der Waals surface area contributed by atoms with Crippen LogP contribution in [0, 0.1) is 0 Å². The number of amides is 1. The molecule has 1 saturated heterocycles. The number of thiocarbonyl (C=S) groups is 1. The first-order chi connectivity index (χ1) is 15.6. The van der Waals surface area contributed by atoms with Gasteiger partial charge in [0, 0.05) is 0 Å². The lowest BCUT2D eigenvalue weighted by molar-refractivity contribution is -0.122. The van der Waals surface area contributed by atoms with E-state index in [1.54, 1.807) is 11.0 Å². The van der Waals surface area contributed by atoms with Crippen LogP contribution in [-0.2, 0) is 11.3 Å². The molecule has 0 saturated carbocycles. The van der Waals surface area contributed by atoms with Crippen LogP contribution in [0.3, 0.4) is 0 Å². The molecule has 1 fully saturated rings. The molecule has 1 amide bonds. The minimum Gasteiger partial charge on any atom is -0.490 e. The summed E-state index contributed by atoms with van der Waals surface area (Å²) in [6.45, 7) is 1.21. The Bertz CT molecular complexity index is 1150. The van der Waals surface area contributed by atoms with Crippen LogP contribution in [0.5, 0.6) is 11.5 Å². The van der Waals surface area contributed by atoms with Crippen molar-refractivity contribution in [2.24, 2.45) is 0 Å². The molecule has 0 aromatic heterocycles. The number of hydrogen-bond donors (Lipinski definition) is 0. The van der Waals surface area contributed by atoms with E-state index >= 15 is 0 Å². The second kappa shape index (κ2) is 10.7. The zero-order valence-corrected chi connectivity index (χ0v) is 19.5. The van der Waals surface area contributed by atoms with Gasteiger partial charge in [-0.25, -0.2) is 0 Å². The van der Waals surface area contributed by atoms with Crippen LogP contribution in [-0.4, -0.2) is 28.3 Å². The number of benzene rings is 3. The molecular formula is C25H20ClNO3S2. The van der Waals surface area contributed by atoms with Gasteiger partial charge in [0.15, 0.2) is 0 Å². The van der Waals surface area contributed by atoms with Crippen LogP contribution in [0.25, 0.3) is 6.08 Å². The number of rotatable bonds is 8. The lowest BCUT2D eigenvalue weighted by Crippen LogP contribution is -2.27. The molecular weight excluding hydrogens is 462 g/mol. The van der Waals surface area contributed by atoms with Gasteiger partial charge in [0.25, 0.3) is 5.91 Å². The van der Waals surface area contributed by atoms with Crippen LogP contribution < -0.4 is 9.47 Å². The van der Waals surface area contributed by atoms with E-state index in [0.29, 0.717) is 45.5 Å². The predicted molar refractivity (Wildman–Crippen MR) is 134 cm³/mol. The maximum absolute atomic E-state index is 12.9. The number of hydrogen-bond acceptors (Lipinski definition) is 5. The van der Waals surface area contributed by atoms with Crippen molar-refractivity contribution in [3.05, 3.63) is 99.9 Å². The van der Waals surface area contributed by atoms with Gasteiger partial charge in [-0.15, -0.1) is 0 Å². The first-order valence-corrected chi connectivity index (χ1v) is 11.6. The molecule has 162 valence electrons. The van der Waals surface area contributed by atoms with E-state index in [4.69, 9.17) is 33.3 Å². The molecule has 3 aromatic carbocycles. The molecule has 32 heavy (non-hydrogen) atoms. The van der Waals surface area contributed by atoms with Gasteiger partial charge < -0.3 is 9.47 Å². The third-order valence-corrected chi connectivity index (χ3v) is 6.35. The highest BCUT2D eigenvalue weighted by molar-refractivity contribution is 8.26. The van der Waals surface area contributed by atoms with Gasteiger partial charge in [-0.1, -0.05) is 90.2 Å². The van der Waals surface area contributed by atoms with Gasteiger partial charge in [0.05, 0.1) is 16.5 Å². The number of ether oxygens (including phenoxy) is 2. The highest BCUT2D eigenvalue weighted by Gasteiger charge is 2.31. The molecule has 1 heterocycles. The molecule has 1 aliphatic rings. The molecule has 0 spiro atoms. The summed E-state index contributed by atoms with van der Waals surface area (Å²) in [6, 6.07) is 24.7. The van der Waals surface area contributed by atoms with Crippen molar-refractivity contribution < 1.29 is 14.3 Å². The lowest BCUT2D eigenvalue weighted by Gasteiger charge is -2.14. The minimum atomic E-state index is -0.0803. The Balaban J connectivity index is 1.36. The summed E-state index contributed by atoms with van der Waals surface area (Å²) in [4.78, 5) is 15.1. The fourth-order valence-corrected chi connectivity index (χ4v) is 4.57. The van der Waals surface area contributed by atoms with Gasteiger partial charge >= 0.3 is 0 Å². The van der Waals surface area contributed by atoms with Crippen molar-refractivity contribution in [3.8, 4) is 11.5 Å². The lowest BCUT2D eigenvalue weighted by atomic mass is 10.2. The quantitative estimate of drug-likeness (QED) is 0.217. The van der Waals surface area contributed by atoms with Crippen molar-refractivity contribution in [1.82, 2.24) is 4.90 Å². The topological polar surface area (TPSA) is 38.8 Å². The van der Waals surface area contributed by atoms with Gasteiger partial charge in [-0.2, -0.15) is 0 Å². The van der Waals surface area contributed by atoms with Crippen LogP contribution in [0.1, 0.15) is 11.1 Å². The average molecular weight is 482 g/mol. The number of para-hydroxylation sites is 1. The van der Waals surface area contributed by atoms with Crippen LogP contribution in [0.4, 0.5) is 0 Å². The average Bonchev–Trinajstić information content (AvgIpc) is 3.06. The SMILES string of the molecule is O=C1/C(=C/c2cccc(OCCOc3ccccc3Cl)c2)SC(=S)N1Cc1ccccc1. The van der Waals surface area contributed by atoms with E-state index < -0.39 is 0 Å². The van der Waals surface area contributed by atoms with Crippen LogP contribution in [0.2, 0.25) is 5.02 Å².